The van der Waals surface area contributed by atoms with Gasteiger partial charge < -0.3 is 4.74 Å². The summed E-state index contributed by atoms with van der Waals surface area (Å²) in [4.78, 5) is 0. The average Bonchev–Trinajstić information content (AvgIpc) is 2.88. The van der Waals surface area contributed by atoms with Crippen molar-refractivity contribution < 1.29 is 8.95 Å². The maximum Gasteiger partial charge on any atom is 0.118 e. The lowest BCUT2D eigenvalue weighted by atomic mass is 9.99. The molecule has 0 aliphatic carbocycles. The van der Waals surface area contributed by atoms with E-state index in [0.29, 0.717) is 0 Å². The zero-order valence-electron chi connectivity index (χ0n) is 20.6. The van der Waals surface area contributed by atoms with Crippen LogP contribution in [0.2, 0.25) is 0 Å². The van der Waals surface area contributed by atoms with Crippen LogP contribution >= 0.6 is 7.92 Å². The number of hydrogen-bond donors (Lipinski definition) is 1. The Hall–Kier alpha value is -2.78. The highest BCUT2D eigenvalue weighted by Crippen LogP contribution is 2.37. The molecule has 35 heavy (non-hydrogen) atoms. The van der Waals surface area contributed by atoms with Gasteiger partial charge >= 0.3 is 0 Å². The molecule has 5 heteroatoms. The molecule has 0 heterocycles. The number of ether oxygens (including phenoxy) is 1. The molecule has 0 radical (unpaired) electrons. The second-order valence-electron chi connectivity index (χ2n) is 9.27. The maximum atomic E-state index is 13.3. The summed E-state index contributed by atoms with van der Waals surface area (Å²) in [5.74, 6) is 0.800. The van der Waals surface area contributed by atoms with E-state index in [1.807, 2.05) is 32.9 Å². The quantitative estimate of drug-likeness (QED) is 0.320. The summed E-state index contributed by atoms with van der Waals surface area (Å²) in [5, 5.41) is 3.82. The van der Waals surface area contributed by atoms with Crippen LogP contribution < -0.4 is 25.4 Å². The van der Waals surface area contributed by atoms with Gasteiger partial charge in [-0.2, -0.15) is 0 Å². The van der Waals surface area contributed by atoms with Gasteiger partial charge in [0.2, 0.25) is 0 Å². The lowest BCUT2D eigenvalue weighted by molar-refractivity contribution is 0.414. The second-order valence-corrected chi connectivity index (χ2v) is 13.5. The van der Waals surface area contributed by atoms with Gasteiger partial charge in [-0.05, 0) is 67.9 Å². The first-order valence-electron chi connectivity index (χ1n) is 11.7. The predicted octanol–water partition coefficient (Wildman–Crippen LogP) is 5.59. The maximum absolute atomic E-state index is 13.3. The van der Waals surface area contributed by atoms with Gasteiger partial charge in [-0.25, -0.2) is 8.93 Å². The number of hydrogen-bond acceptors (Lipinski definition) is 2. The number of nitrogens with one attached hydrogen (secondary N) is 1. The molecule has 2 unspecified atom stereocenters. The van der Waals surface area contributed by atoms with E-state index in [1.165, 1.54) is 15.9 Å². The van der Waals surface area contributed by atoms with Gasteiger partial charge in [-0.15, -0.1) is 0 Å². The minimum Gasteiger partial charge on any atom is -0.497 e. The van der Waals surface area contributed by atoms with E-state index in [1.54, 1.807) is 7.11 Å². The fourth-order valence-electron chi connectivity index (χ4n) is 3.91. The number of methoxy groups -OCH3 is 1. The molecule has 1 N–H and O–H groups in total. The van der Waals surface area contributed by atoms with Crippen LogP contribution in [0.25, 0.3) is 0 Å². The van der Waals surface area contributed by atoms with Crippen molar-refractivity contribution in [2.45, 2.75) is 31.6 Å². The Morgan fingerprint density at radius 2 is 1.26 bits per heavy atom. The van der Waals surface area contributed by atoms with E-state index in [0.717, 1.165) is 16.9 Å². The molecule has 4 rings (SSSR count). The molecule has 0 aromatic heterocycles. The molecule has 0 spiro atoms. The van der Waals surface area contributed by atoms with Gasteiger partial charge in [-0.1, -0.05) is 97.1 Å². The van der Waals surface area contributed by atoms with Gasteiger partial charge in [0.15, 0.2) is 0 Å². The molecular weight excluding hydrogens is 469 g/mol. The van der Waals surface area contributed by atoms with Crippen LogP contribution in [0.1, 0.15) is 37.9 Å². The highest BCUT2D eigenvalue weighted by molar-refractivity contribution is 7.84. The highest BCUT2D eigenvalue weighted by atomic mass is 32.2. The first-order chi connectivity index (χ1) is 16.9. The smallest absolute Gasteiger partial charge is 0.118 e. The fraction of sp³-hybridized carbons (Fsp3) is 0.200. The van der Waals surface area contributed by atoms with E-state index in [-0.39, 0.29) is 6.04 Å². The standard InChI is InChI=1S/C30H32NO2PS/c1-30(2,3)35(32)31-29(23-19-21-24(33-4)22-20-23)27-17-11-12-18-28(27)34(25-13-7-5-8-14-25)26-15-9-6-10-16-26/h5-22,29,31H,1-4H3. The van der Waals surface area contributed by atoms with Crippen molar-refractivity contribution >= 4 is 34.8 Å². The normalized spacial score (nSPS) is 13.4. The first kappa shape index (κ1) is 25.3. The molecule has 180 valence electrons. The monoisotopic (exact) mass is 501 g/mol. The second kappa shape index (κ2) is 11.3. The Morgan fingerprint density at radius 1 is 0.743 bits per heavy atom. The minimum absolute atomic E-state index is 0.241. The largest absolute Gasteiger partial charge is 0.497 e. The van der Waals surface area contributed by atoms with Gasteiger partial charge in [-0.3, -0.25) is 0 Å². The van der Waals surface area contributed by atoms with Gasteiger partial charge in [0.25, 0.3) is 0 Å². The number of benzene rings is 4. The van der Waals surface area contributed by atoms with Crippen LogP contribution in [0, 0.1) is 0 Å². The van der Waals surface area contributed by atoms with Crippen LogP contribution in [0.15, 0.2) is 109 Å². The fourth-order valence-corrected chi connectivity index (χ4v) is 7.23. The van der Waals surface area contributed by atoms with Gasteiger partial charge in [0, 0.05) is 0 Å². The lowest BCUT2D eigenvalue weighted by Crippen LogP contribution is -2.38. The summed E-state index contributed by atoms with van der Waals surface area (Å²) in [6.45, 7) is 5.98. The van der Waals surface area contributed by atoms with Crippen molar-refractivity contribution in [2.24, 2.45) is 0 Å². The van der Waals surface area contributed by atoms with Gasteiger partial charge in [0.1, 0.15) is 5.75 Å². The zero-order valence-corrected chi connectivity index (χ0v) is 22.4. The molecule has 4 aromatic carbocycles. The molecule has 0 bridgehead atoms. The van der Waals surface area contributed by atoms with Crippen LogP contribution in [0.3, 0.4) is 0 Å². The Morgan fingerprint density at radius 3 is 1.77 bits per heavy atom. The van der Waals surface area contributed by atoms with E-state index in [4.69, 9.17) is 4.74 Å². The van der Waals surface area contributed by atoms with Crippen molar-refractivity contribution in [1.29, 1.82) is 0 Å². The van der Waals surface area contributed by atoms with Crippen LogP contribution in [-0.4, -0.2) is 16.1 Å². The summed E-state index contributed by atoms with van der Waals surface area (Å²) in [7, 11) is -0.407. The van der Waals surface area contributed by atoms with Crippen molar-refractivity contribution in [3.8, 4) is 5.75 Å². The highest BCUT2D eigenvalue weighted by Gasteiger charge is 2.28. The summed E-state index contributed by atoms with van der Waals surface area (Å²) in [5.41, 5.74) is 2.18. The summed E-state index contributed by atoms with van der Waals surface area (Å²) in [6, 6.07) is 37.7. The molecule has 3 nitrogen and oxygen atoms in total. The third-order valence-electron chi connectivity index (χ3n) is 5.75. The van der Waals surface area contributed by atoms with Crippen molar-refractivity contribution in [2.75, 3.05) is 7.11 Å². The Balaban J connectivity index is 1.89. The number of rotatable bonds is 8. The molecule has 2 atom stereocenters. The summed E-state index contributed by atoms with van der Waals surface area (Å²) >= 11 is 0. The molecule has 0 aliphatic rings. The van der Waals surface area contributed by atoms with Crippen molar-refractivity contribution in [3.63, 3.8) is 0 Å². The predicted molar refractivity (Wildman–Crippen MR) is 151 cm³/mol. The third-order valence-corrected chi connectivity index (χ3v) is 9.83. The summed E-state index contributed by atoms with van der Waals surface area (Å²) in [6.07, 6.45) is 0. The van der Waals surface area contributed by atoms with Gasteiger partial charge in [0.05, 0.1) is 28.9 Å². The minimum atomic E-state index is -1.26. The molecule has 0 saturated carbocycles. The first-order valence-corrected chi connectivity index (χ1v) is 14.2. The zero-order chi connectivity index (χ0) is 24.8. The van der Waals surface area contributed by atoms with Crippen LogP contribution in [-0.2, 0) is 11.0 Å². The van der Waals surface area contributed by atoms with E-state index < -0.39 is 23.7 Å². The SMILES string of the molecule is COc1ccc(C(NS(=O)C(C)(C)C)c2ccccc2P(c2ccccc2)c2ccccc2)cc1. The molecule has 0 amide bonds. The van der Waals surface area contributed by atoms with E-state index >= 15 is 0 Å². The average molecular weight is 502 g/mol. The Labute approximate surface area is 212 Å². The van der Waals surface area contributed by atoms with E-state index in [2.05, 4.69) is 102 Å². The lowest BCUT2D eigenvalue weighted by Gasteiger charge is -2.29. The summed E-state index contributed by atoms with van der Waals surface area (Å²) < 4.78 is 21.8. The molecule has 0 fully saturated rings. The molecular formula is C30H32NO2PS. The van der Waals surface area contributed by atoms with Crippen molar-refractivity contribution in [1.82, 2.24) is 4.72 Å². The van der Waals surface area contributed by atoms with E-state index in [9.17, 15) is 4.21 Å². The Kier molecular flexibility index (Phi) is 8.18. The molecule has 0 aliphatic heterocycles. The Bertz CT molecular complexity index is 1220. The molecule has 0 saturated heterocycles. The molecule has 4 aromatic rings. The topological polar surface area (TPSA) is 38.3 Å². The van der Waals surface area contributed by atoms with Crippen molar-refractivity contribution in [3.05, 3.63) is 120 Å². The van der Waals surface area contributed by atoms with Crippen LogP contribution in [0.4, 0.5) is 0 Å². The third kappa shape index (κ3) is 6.08. The van der Waals surface area contributed by atoms with Crippen LogP contribution in [0.5, 0.6) is 5.75 Å².